The van der Waals surface area contributed by atoms with Crippen LogP contribution in [0, 0.1) is 5.82 Å². The van der Waals surface area contributed by atoms with Gasteiger partial charge in [-0.25, -0.2) is 8.60 Å². The van der Waals surface area contributed by atoms with Gasteiger partial charge < -0.3 is 19.4 Å². The Bertz CT molecular complexity index is 1660. The molecule has 0 radical (unpaired) electrons. The lowest BCUT2D eigenvalue weighted by atomic mass is 9.87. The van der Waals surface area contributed by atoms with Crippen molar-refractivity contribution in [3.63, 3.8) is 0 Å². The van der Waals surface area contributed by atoms with Gasteiger partial charge in [0.05, 0.1) is 23.9 Å². The van der Waals surface area contributed by atoms with Crippen molar-refractivity contribution in [1.82, 2.24) is 5.32 Å². The zero-order chi connectivity index (χ0) is 28.8. The number of nitrogens with one attached hydrogen (secondary N) is 1. The summed E-state index contributed by atoms with van der Waals surface area (Å²) in [5, 5.41) is 13.4. The second-order valence-electron chi connectivity index (χ2n) is 10.4. The van der Waals surface area contributed by atoms with E-state index in [0.29, 0.717) is 51.1 Å². The molecule has 212 valence electrons. The second kappa shape index (κ2) is 11.2. The van der Waals surface area contributed by atoms with Crippen LogP contribution in [0.2, 0.25) is 11.3 Å². The Balaban J connectivity index is 1.42. The first-order valence-corrected chi connectivity index (χ1v) is 14.8. The highest BCUT2D eigenvalue weighted by Crippen LogP contribution is 2.48. The SMILES string of the molecule is CNC(=O)c1c(-c2ccc(F)cc2)oc2cc(N(Cc3ccc(C4CCB(O)O4)c(Cl)c3)S(=O)O)c(C3CC3)cc12. The Kier molecular flexibility index (Phi) is 7.65. The summed E-state index contributed by atoms with van der Waals surface area (Å²) in [7, 11) is 0.715. The van der Waals surface area contributed by atoms with Crippen LogP contribution in [0.4, 0.5) is 10.1 Å². The van der Waals surface area contributed by atoms with Gasteiger partial charge in [0.15, 0.2) is 0 Å². The van der Waals surface area contributed by atoms with Crippen molar-refractivity contribution < 1.29 is 32.0 Å². The highest BCUT2D eigenvalue weighted by Gasteiger charge is 2.33. The Morgan fingerprint density at radius 1 is 1.15 bits per heavy atom. The number of rotatable bonds is 8. The number of hydrogen-bond donors (Lipinski definition) is 3. The molecule has 12 heteroatoms. The third kappa shape index (κ3) is 5.52. The predicted molar refractivity (Wildman–Crippen MR) is 157 cm³/mol. The summed E-state index contributed by atoms with van der Waals surface area (Å²) >= 11 is 4.18. The molecule has 2 unspecified atom stereocenters. The van der Waals surface area contributed by atoms with Gasteiger partial charge in [-0.15, -0.1) is 0 Å². The van der Waals surface area contributed by atoms with Gasteiger partial charge in [0.1, 0.15) is 17.2 Å². The van der Waals surface area contributed by atoms with Gasteiger partial charge >= 0.3 is 7.12 Å². The minimum Gasteiger partial charge on any atom is -0.455 e. The number of carbonyl (C=O) groups excluding carboxylic acids is 1. The average Bonchev–Trinajstić information content (AvgIpc) is 3.61. The Morgan fingerprint density at radius 2 is 1.90 bits per heavy atom. The normalized spacial score (nSPS) is 17.7. The zero-order valence-corrected chi connectivity index (χ0v) is 23.7. The molecule has 1 saturated carbocycles. The number of hydrogen-bond acceptors (Lipinski definition) is 5. The van der Waals surface area contributed by atoms with Gasteiger partial charge in [0.25, 0.3) is 17.2 Å². The molecule has 1 amide bonds. The van der Waals surface area contributed by atoms with E-state index in [4.69, 9.17) is 20.7 Å². The van der Waals surface area contributed by atoms with Crippen molar-refractivity contribution in [2.75, 3.05) is 11.4 Å². The fourth-order valence-electron chi connectivity index (χ4n) is 5.41. The molecule has 1 aliphatic carbocycles. The fourth-order valence-corrected chi connectivity index (χ4v) is 6.32. The maximum absolute atomic E-state index is 13.6. The van der Waals surface area contributed by atoms with Gasteiger partial charge in [-0.1, -0.05) is 23.7 Å². The van der Waals surface area contributed by atoms with Crippen molar-refractivity contribution in [3.8, 4) is 11.3 Å². The molecule has 8 nitrogen and oxygen atoms in total. The number of benzene rings is 3. The second-order valence-corrected chi connectivity index (χ2v) is 11.7. The third-order valence-electron chi connectivity index (χ3n) is 7.61. The van der Waals surface area contributed by atoms with E-state index in [1.807, 2.05) is 18.2 Å². The van der Waals surface area contributed by atoms with E-state index in [2.05, 4.69) is 5.32 Å². The molecule has 2 atom stereocenters. The predicted octanol–water partition coefficient (Wildman–Crippen LogP) is 6.21. The number of amides is 1. The summed E-state index contributed by atoms with van der Waals surface area (Å²) in [5.74, 6) is -0.309. The summed E-state index contributed by atoms with van der Waals surface area (Å²) in [6.45, 7) is 0.0797. The quantitative estimate of drug-likeness (QED) is 0.165. The molecule has 3 N–H and O–H groups in total. The summed E-state index contributed by atoms with van der Waals surface area (Å²) in [4.78, 5) is 13.0. The van der Waals surface area contributed by atoms with Crippen LogP contribution in [0.3, 0.4) is 0 Å². The molecular formula is C29H27BClFN2O6S. The molecule has 3 aromatic carbocycles. The molecule has 1 aliphatic heterocycles. The molecule has 0 spiro atoms. The van der Waals surface area contributed by atoms with Crippen LogP contribution >= 0.6 is 11.6 Å². The standard InChI is InChI=1S/C29H27BClFN2O6S/c1-33-29(35)27-22-13-21(17-3-4-17)24(14-26(22)39-28(27)18-5-7-19(32)8-6-18)34(41(37)38)15-16-2-9-20(23(31)12-16)25-10-11-30(36)40-25/h2,5-9,12-14,17,25,36H,3-4,10-11,15H2,1H3,(H,33,35)(H,37,38). The molecule has 4 aromatic rings. The Morgan fingerprint density at radius 3 is 2.51 bits per heavy atom. The summed E-state index contributed by atoms with van der Waals surface area (Å²) in [6.07, 6.45) is 2.71. The van der Waals surface area contributed by atoms with E-state index in [1.165, 1.54) is 23.5 Å². The highest BCUT2D eigenvalue weighted by atomic mass is 35.5. The lowest BCUT2D eigenvalue weighted by Crippen LogP contribution is -2.26. The van der Waals surface area contributed by atoms with Crippen molar-refractivity contribution >= 4 is 52.5 Å². The van der Waals surface area contributed by atoms with E-state index in [9.17, 15) is 23.0 Å². The van der Waals surface area contributed by atoms with Gasteiger partial charge in [-0.05, 0) is 84.6 Å². The minimum atomic E-state index is -2.39. The number of carbonyl (C=O) groups is 1. The molecule has 41 heavy (non-hydrogen) atoms. The van der Waals surface area contributed by atoms with Crippen molar-refractivity contribution in [2.45, 2.75) is 44.1 Å². The molecule has 0 bridgehead atoms. The smallest absolute Gasteiger partial charge is 0.454 e. The topological polar surface area (TPSA) is 112 Å². The molecule has 1 aromatic heterocycles. The summed E-state index contributed by atoms with van der Waals surface area (Å²) in [5.41, 5.74) is 4.04. The molecular weight excluding hydrogens is 570 g/mol. The van der Waals surface area contributed by atoms with Gasteiger partial charge in [-0.3, -0.25) is 13.7 Å². The van der Waals surface area contributed by atoms with Crippen LogP contribution in [0.15, 0.2) is 59.0 Å². The van der Waals surface area contributed by atoms with Gasteiger partial charge in [0, 0.05) is 29.1 Å². The van der Waals surface area contributed by atoms with Crippen LogP contribution in [-0.2, 0) is 22.5 Å². The molecule has 2 aliphatic rings. The van der Waals surface area contributed by atoms with Crippen molar-refractivity contribution in [2.24, 2.45) is 0 Å². The van der Waals surface area contributed by atoms with E-state index >= 15 is 0 Å². The van der Waals surface area contributed by atoms with Crippen molar-refractivity contribution in [1.29, 1.82) is 0 Å². The zero-order valence-electron chi connectivity index (χ0n) is 22.1. The van der Waals surface area contributed by atoms with Crippen LogP contribution in [0.1, 0.15) is 58.3 Å². The summed E-state index contributed by atoms with van der Waals surface area (Å²) in [6, 6.07) is 14.6. The molecule has 1 saturated heterocycles. The lowest BCUT2D eigenvalue weighted by Gasteiger charge is -2.24. The monoisotopic (exact) mass is 596 g/mol. The Labute approximate surface area is 244 Å². The van der Waals surface area contributed by atoms with Crippen LogP contribution < -0.4 is 9.62 Å². The number of furan rings is 1. The molecule has 2 heterocycles. The fraction of sp³-hybridized carbons (Fsp3) is 0.276. The number of nitrogens with zero attached hydrogens (tertiary/aromatic N) is 1. The maximum atomic E-state index is 13.6. The van der Waals surface area contributed by atoms with E-state index < -0.39 is 24.2 Å². The maximum Gasteiger partial charge on any atom is 0.454 e. The number of fused-ring (bicyclic) bond motifs is 1. The van der Waals surface area contributed by atoms with Crippen LogP contribution in [0.25, 0.3) is 22.3 Å². The first-order valence-electron chi connectivity index (χ1n) is 13.3. The Hall–Kier alpha value is -3.22. The van der Waals surface area contributed by atoms with Gasteiger partial charge in [0.2, 0.25) is 0 Å². The van der Waals surface area contributed by atoms with E-state index in [0.717, 1.165) is 24.0 Å². The molecule has 2 fully saturated rings. The van der Waals surface area contributed by atoms with E-state index in [1.54, 1.807) is 24.3 Å². The summed E-state index contributed by atoms with van der Waals surface area (Å²) < 4.78 is 49.9. The largest absolute Gasteiger partial charge is 0.455 e. The highest BCUT2D eigenvalue weighted by molar-refractivity contribution is 7.80. The average molecular weight is 597 g/mol. The van der Waals surface area contributed by atoms with Crippen molar-refractivity contribution in [3.05, 3.63) is 87.7 Å². The first-order chi connectivity index (χ1) is 19.7. The lowest BCUT2D eigenvalue weighted by molar-refractivity contribution is 0.0964. The van der Waals surface area contributed by atoms with E-state index in [-0.39, 0.29) is 30.2 Å². The molecule has 6 rings (SSSR count). The van der Waals surface area contributed by atoms with Crippen LogP contribution in [-0.4, -0.2) is 33.9 Å². The van der Waals surface area contributed by atoms with Crippen LogP contribution in [0.5, 0.6) is 0 Å². The number of anilines is 1. The number of halogens is 2. The van der Waals surface area contributed by atoms with Gasteiger partial charge in [-0.2, -0.15) is 0 Å². The first kappa shape index (κ1) is 27.9. The third-order valence-corrected chi connectivity index (χ3v) is 8.64. The minimum absolute atomic E-state index is 0.0797.